The minimum atomic E-state index is -0.834. The van der Waals surface area contributed by atoms with E-state index in [2.05, 4.69) is 15.3 Å². The molecule has 0 unspecified atom stereocenters. The van der Waals surface area contributed by atoms with Gasteiger partial charge < -0.3 is 11.1 Å². The van der Waals surface area contributed by atoms with E-state index in [-0.39, 0.29) is 28.8 Å². The van der Waals surface area contributed by atoms with Gasteiger partial charge in [-0.05, 0) is 42.2 Å². The van der Waals surface area contributed by atoms with Crippen LogP contribution >= 0.6 is 11.8 Å². The van der Waals surface area contributed by atoms with Gasteiger partial charge in [-0.2, -0.15) is 5.26 Å². The molecule has 3 N–H and O–H groups in total. The molecule has 1 aromatic heterocycles. The third kappa shape index (κ3) is 3.78. The van der Waals surface area contributed by atoms with Crippen LogP contribution in [-0.2, 0) is 6.54 Å². The summed E-state index contributed by atoms with van der Waals surface area (Å²) < 4.78 is 41.7. The fraction of sp³-hybridized carbons (Fsp3) is 0.105. The molecule has 142 valence electrons. The number of hydrogen-bond acceptors (Lipinski definition) is 6. The number of aromatic nitrogens is 2. The van der Waals surface area contributed by atoms with Gasteiger partial charge in [0, 0.05) is 12.1 Å². The first-order chi connectivity index (χ1) is 13.5. The number of rotatable bonds is 5. The summed E-state index contributed by atoms with van der Waals surface area (Å²) in [6.07, 6.45) is 1.72. The van der Waals surface area contributed by atoms with Crippen molar-refractivity contribution in [3.8, 4) is 17.3 Å². The Morgan fingerprint density at radius 3 is 2.46 bits per heavy atom. The molecule has 0 spiro atoms. The first-order valence-electron chi connectivity index (χ1n) is 8.04. The van der Waals surface area contributed by atoms with Crippen molar-refractivity contribution in [2.75, 3.05) is 11.6 Å². The maximum atomic E-state index is 14.0. The predicted molar refractivity (Wildman–Crippen MR) is 101 cm³/mol. The Balaban J connectivity index is 2.23. The van der Waals surface area contributed by atoms with Crippen LogP contribution in [0.3, 0.4) is 0 Å². The topological polar surface area (TPSA) is 87.6 Å². The molecular formula is C19H14F3N5S. The molecule has 0 fully saturated rings. The summed E-state index contributed by atoms with van der Waals surface area (Å²) in [6.45, 7) is 0.0151. The van der Waals surface area contributed by atoms with Crippen LogP contribution in [0.5, 0.6) is 0 Å². The highest BCUT2D eigenvalue weighted by Crippen LogP contribution is 2.33. The Morgan fingerprint density at radius 1 is 1.14 bits per heavy atom. The highest BCUT2D eigenvalue weighted by molar-refractivity contribution is 7.98. The van der Waals surface area contributed by atoms with Crippen molar-refractivity contribution in [3.63, 3.8) is 0 Å². The van der Waals surface area contributed by atoms with Crippen molar-refractivity contribution in [2.45, 2.75) is 11.7 Å². The summed E-state index contributed by atoms with van der Waals surface area (Å²) in [5.41, 5.74) is 6.30. The molecule has 3 aromatic rings. The SMILES string of the molecule is CSc1nc(Nc2c(F)cccc2F)c(C#N)c(-c2ccc(F)cc2CN)n1. The van der Waals surface area contributed by atoms with Crippen LogP contribution in [0.2, 0.25) is 0 Å². The van der Waals surface area contributed by atoms with E-state index in [1.165, 1.54) is 36.0 Å². The Morgan fingerprint density at radius 2 is 1.86 bits per heavy atom. The predicted octanol–water partition coefficient (Wildman–Crippen LogP) is 4.36. The van der Waals surface area contributed by atoms with E-state index < -0.39 is 23.1 Å². The first-order valence-corrected chi connectivity index (χ1v) is 9.27. The van der Waals surface area contributed by atoms with Gasteiger partial charge in [0.2, 0.25) is 0 Å². The maximum Gasteiger partial charge on any atom is 0.189 e. The zero-order valence-electron chi connectivity index (χ0n) is 14.6. The molecule has 3 rings (SSSR count). The lowest BCUT2D eigenvalue weighted by atomic mass is 10.0. The van der Waals surface area contributed by atoms with Crippen LogP contribution in [0.25, 0.3) is 11.3 Å². The average Bonchev–Trinajstić information content (AvgIpc) is 2.70. The number of nitrogens with two attached hydrogens (primary N) is 1. The van der Waals surface area contributed by atoms with Gasteiger partial charge in [0.1, 0.15) is 34.8 Å². The molecule has 0 bridgehead atoms. The summed E-state index contributed by atoms with van der Waals surface area (Å²) in [5, 5.41) is 12.5. The van der Waals surface area contributed by atoms with E-state index in [0.717, 1.165) is 12.1 Å². The first kappa shape index (κ1) is 19.7. The van der Waals surface area contributed by atoms with Crippen LogP contribution in [0.1, 0.15) is 11.1 Å². The van der Waals surface area contributed by atoms with Gasteiger partial charge in [-0.25, -0.2) is 23.1 Å². The van der Waals surface area contributed by atoms with Gasteiger partial charge in [0.05, 0.1) is 5.69 Å². The number of anilines is 2. The Hall–Kier alpha value is -3.09. The monoisotopic (exact) mass is 401 g/mol. The highest BCUT2D eigenvalue weighted by atomic mass is 32.2. The molecule has 28 heavy (non-hydrogen) atoms. The number of nitrogens with zero attached hydrogens (tertiary/aromatic N) is 3. The second-order valence-electron chi connectivity index (χ2n) is 5.62. The second kappa shape index (κ2) is 8.29. The zero-order chi connectivity index (χ0) is 20.3. The lowest BCUT2D eigenvalue weighted by Crippen LogP contribution is -2.07. The van der Waals surface area contributed by atoms with Crippen molar-refractivity contribution >= 4 is 23.3 Å². The smallest absolute Gasteiger partial charge is 0.189 e. The van der Waals surface area contributed by atoms with Crippen molar-refractivity contribution < 1.29 is 13.2 Å². The molecule has 5 nitrogen and oxygen atoms in total. The number of thioether (sulfide) groups is 1. The molecule has 0 saturated carbocycles. The van der Waals surface area contributed by atoms with Gasteiger partial charge in [-0.1, -0.05) is 17.8 Å². The minimum absolute atomic E-state index is 0.0151. The molecule has 0 aliphatic rings. The van der Waals surface area contributed by atoms with E-state index in [1.807, 2.05) is 6.07 Å². The van der Waals surface area contributed by atoms with Crippen LogP contribution in [-0.4, -0.2) is 16.2 Å². The van der Waals surface area contributed by atoms with Gasteiger partial charge in [-0.15, -0.1) is 0 Å². The third-order valence-electron chi connectivity index (χ3n) is 3.93. The number of para-hydroxylation sites is 1. The van der Waals surface area contributed by atoms with Gasteiger partial charge in [0.25, 0.3) is 0 Å². The molecule has 9 heteroatoms. The molecule has 0 aliphatic carbocycles. The van der Waals surface area contributed by atoms with E-state index in [1.54, 1.807) is 6.26 Å². The molecule has 0 amide bonds. The van der Waals surface area contributed by atoms with Gasteiger partial charge in [0.15, 0.2) is 11.0 Å². The summed E-state index contributed by atoms with van der Waals surface area (Å²) in [4.78, 5) is 8.52. The quantitative estimate of drug-likeness (QED) is 0.488. The summed E-state index contributed by atoms with van der Waals surface area (Å²) in [7, 11) is 0. The van der Waals surface area contributed by atoms with E-state index in [4.69, 9.17) is 5.73 Å². The zero-order valence-corrected chi connectivity index (χ0v) is 15.4. The molecule has 0 saturated heterocycles. The summed E-state index contributed by atoms with van der Waals surface area (Å²) >= 11 is 1.18. The normalized spacial score (nSPS) is 10.6. The molecule has 0 atom stereocenters. The fourth-order valence-electron chi connectivity index (χ4n) is 2.62. The maximum absolute atomic E-state index is 14.0. The van der Waals surface area contributed by atoms with E-state index >= 15 is 0 Å². The number of benzene rings is 2. The fourth-order valence-corrected chi connectivity index (χ4v) is 2.99. The van der Waals surface area contributed by atoms with Gasteiger partial charge in [-0.3, -0.25) is 0 Å². The van der Waals surface area contributed by atoms with Crippen LogP contribution < -0.4 is 11.1 Å². The largest absolute Gasteiger partial charge is 0.334 e. The molecular weight excluding hydrogens is 387 g/mol. The minimum Gasteiger partial charge on any atom is -0.334 e. The van der Waals surface area contributed by atoms with E-state index in [0.29, 0.717) is 11.1 Å². The molecule has 0 radical (unpaired) electrons. The van der Waals surface area contributed by atoms with Crippen LogP contribution in [0.15, 0.2) is 41.6 Å². The number of nitrogens with one attached hydrogen (secondary N) is 1. The Kier molecular flexibility index (Phi) is 5.82. The molecule has 0 aliphatic heterocycles. The molecule has 2 aromatic carbocycles. The second-order valence-corrected chi connectivity index (χ2v) is 6.39. The van der Waals surface area contributed by atoms with Crippen molar-refractivity contribution in [3.05, 3.63) is 65.0 Å². The Bertz CT molecular complexity index is 1060. The average molecular weight is 401 g/mol. The van der Waals surface area contributed by atoms with Crippen LogP contribution in [0.4, 0.5) is 24.7 Å². The summed E-state index contributed by atoms with van der Waals surface area (Å²) in [6, 6.07) is 9.29. The van der Waals surface area contributed by atoms with Crippen molar-refractivity contribution in [1.29, 1.82) is 5.26 Å². The van der Waals surface area contributed by atoms with E-state index in [9.17, 15) is 18.4 Å². The molecule has 1 heterocycles. The highest BCUT2D eigenvalue weighted by Gasteiger charge is 2.20. The number of halogens is 3. The summed E-state index contributed by atoms with van der Waals surface area (Å²) in [5.74, 6) is -2.21. The third-order valence-corrected chi connectivity index (χ3v) is 4.48. The van der Waals surface area contributed by atoms with Crippen LogP contribution in [0, 0.1) is 28.8 Å². The number of hydrogen-bond donors (Lipinski definition) is 2. The lowest BCUT2D eigenvalue weighted by molar-refractivity contribution is 0.590. The number of nitriles is 1. The standard InChI is InChI=1S/C19H14F3N5S/c1-28-19-26-16(12-6-5-11(20)7-10(12)8-23)13(9-24)18(27-19)25-17-14(21)3-2-4-15(17)22/h2-7H,8,23H2,1H3,(H,25,26,27). The lowest BCUT2D eigenvalue weighted by Gasteiger charge is -2.15. The van der Waals surface area contributed by atoms with Crippen molar-refractivity contribution in [2.24, 2.45) is 5.73 Å². The van der Waals surface area contributed by atoms with Crippen molar-refractivity contribution in [1.82, 2.24) is 9.97 Å². The Labute approximate surface area is 163 Å². The van der Waals surface area contributed by atoms with Gasteiger partial charge >= 0.3 is 0 Å².